The average Bonchev–Trinajstić information content (AvgIpc) is 2.74. The molecule has 1 aromatic rings. The highest BCUT2D eigenvalue weighted by atomic mass is 16.1. The molecule has 1 aromatic heterocycles. The van der Waals surface area contributed by atoms with Crippen molar-refractivity contribution >= 4 is 11.7 Å². The van der Waals surface area contributed by atoms with Crippen LogP contribution in [0.15, 0.2) is 6.33 Å². The van der Waals surface area contributed by atoms with Crippen molar-refractivity contribution in [3.05, 3.63) is 17.6 Å². The SMILES string of the molecule is NC(=O)C1CCC(Nc2ncnc3c2CCCCC3)CC1. The van der Waals surface area contributed by atoms with Crippen LogP contribution in [0.4, 0.5) is 5.82 Å². The molecule has 5 heteroatoms. The maximum atomic E-state index is 11.2. The molecule has 2 aliphatic rings. The zero-order chi connectivity index (χ0) is 14.7. The fourth-order valence-electron chi connectivity index (χ4n) is 3.54. The second-order valence-corrected chi connectivity index (χ2v) is 6.30. The molecule has 1 heterocycles. The molecule has 0 spiro atoms. The molecule has 0 aromatic carbocycles. The van der Waals surface area contributed by atoms with E-state index < -0.39 is 0 Å². The molecule has 0 bridgehead atoms. The lowest BCUT2D eigenvalue weighted by atomic mass is 9.85. The van der Waals surface area contributed by atoms with Crippen LogP contribution in [0.1, 0.15) is 56.2 Å². The van der Waals surface area contributed by atoms with Crippen LogP contribution in [0.25, 0.3) is 0 Å². The number of nitrogens with two attached hydrogens (primary N) is 1. The van der Waals surface area contributed by atoms with Gasteiger partial charge in [-0.05, 0) is 51.4 Å². The summed E-state index contributed by atoms with van der Waals surface area (Å²) < 4.78 is 0. The van der Waals surface area contributed by atoms with E-state index in [-0.39, 0.29) is 11.8 Å². The first-order chi connectivity index (χ1) is 10.2. The molecule has 1 fully saturated rings. The molecule has 3 rings (SSSR count). The van der Waals surface area contributed by atoms with Crippen molar-refractivity contribution in [3.8, 4) is 0 Å². The van der Waals surface area contributed by atoms with Gasteiger partial charge in [-0.3, -0.25) is 4.79 Å². The van der Waals surface area contributed by atoms with E-state index in [9.17, 15) is 4.79 Å². The number of aryl methyl sites for hydroxylation is 1. The molecule has 114 valence electrons. The van der Waals surface area contributed by atoms with Gasteiger partial charge in [0.2, 0.25) is 5.91 Å². The van der Waals surface area contributed by atoms with Gasteiger partial charge < -0.3 is 11.1 Å². The van der Waals surface area contributed by atoms with Gasteiger partial charge in [-0.15, -0.1) is 0 Å². The van der Waals surface area contributed by atoms with Gasteiger partial charge >= 0.3 is 0 Å². The third-order valence-electron chi connectivity index (χ3n) is 4.85. The quantitative estimate of drug-likeness (QED) is 0.836. The van der Waals surface area contributed by atoms with Gasteiger partial charge in [-0.25, -0.2) is 9.97 Å². The molecule has 0 radical (unpaired) electrons. The molecule has 1 saturated carbocycles. The summed E-state index contributed by atoms with van der Waals surface area (Å²) in [5.74, 6) is 0.930. The number of hydrogen-bond donors (Lipinski definition) is 2. The summed E-state index contributed by atoms with van der Waals surface area (Å²) in [7, 11) is 0. The Morgan fingerprint density at radius 3 is 2.62 bits per heavy atom. The summed E-state index contributed by atoms with van der Waals surface area (Å²) >= 11 is 0. The number of nitrogens with zero attached hydrogens (tertiary/aromatic N) is 2. The van der Waals surface area contributed by atoms with Crippen molar-refractivity contribution in [3.63, 3.8) is 0 Å². The van der Waals surface area contributed by atoms with Gasteiger partial charge in [-0.1, -0.05) is 6.42 Å². The zero-order valence-corrected chi connectivity index (χ0v) is 12.5. The van der Waals surface area contributed by atoms with Crippen molar-refractivity contribution < 1.29 is 4.79 Å². The first-order valence-corrected chi connectivity index (χ1v) is 8.12. The second kappa shape index (κ2) is 6.41. The lowest BCUT2D eigenvalue weighted by Gasteiger charge is -2.28. The van der Waals surface area contributed by atoms with Crippen LogP contribution in [0.2, 0.25) is 0 Å². The second-order valence-electron chi connectivity index (χ2n) is 6.30. The molecule has 0 saturated heterocycles. The van der Waals surface area contributed by atoms with E-state index >= 15 is 0 Å². The molecule has 2 aliphatic carbocycles. The summed E-state index contributed by atoms with van der Waals surface area (Å²) in [6, 6.07) is 0.405. The maximum Gasteiger partial charge on any atom is 0.220 e. The van der Waals surface area contributed by atoms with Crippen molar-refractivity contribution in [2.75, 3.05) is 5.32 Å². The minimum Gasteiger partial charge on any atom is -0.369 e. The minimum absolute atomic E-state index is 0.0607. The summed E-state index contributed by atoms with van der Waals surface area (Å²) in [6.07, 6.45) is 11.3. The molecule has 0 aliphatic heterocycles. The van der Waals surface area contributed by atoms with Crippen molar-refractivity contribution in [2.24, 2.45) is 11.7 Å². The number of aromatic nitrogens is 2. The summed E-state index contributed by atoms with van der Waals surface area (Å²) in [4.78, 5) is 20.2. The zero-order valence-electron chi connectivity index (χ0n) is 12.5. The fourth-order valence-corrected chi connectivity index (χ4v) is 3.54. The van der Waals surface area contributed by atoms with Gasteiger partial charge in [0.05, 0.1) is 0 Å². The van der Waals surface area contributed by atoms with Crippen LogP contribution in [0.5, 0.6) is 0 Å². The number of primary amides is 1. The number of fused-ring (bicyclic) bond motifs is 1. The van der Waals surface area contributed by atoms with Gasteiger partial charge in [0, 0.05) is 23.2 Å². The maximum absolute atomic E-state index is 11.2. The Kier molecular flexibility index (Phi) is 4.36. The predicted octanol–water partition coefficient (Wildman–Crippen LogP) is 2.20. The molecular weight excluding hydrogens is 264 g/mol. The Bertz CT molecular complexity index is 509. The average molecular weight is 288 g/mol. The Hall–Kier alpha value is -1.65. The summed E-state index contributed by atoms with van der Waals surface area (Å²) in [5.41, 5.74) is 7.92. The molecule has 1 amide bonds. The van der Waals surface area contributed by atoms with Crippen molar-refractivity contribution in [2.45, 2.75) is 63.8 Å². The molecule has 5 nitrogen and oxygen atoms in total. The summed E-state index contributed by atoms with van der Waals surface area (Å²) in [6.45, 7) is 0. The molecule has 0 unspecified atom stereocenters. The van der Waals surface area contributed by atoms with Gasteiger partial charge in [-0.2, -0.15) is 0 Å². The van der Waals surface area contributed by atoms with E-state index in [0.717, 1.165) is 44.3 Å². The predicted molar refractivity (Wildman–Crippen MR) is 81.9 cm³/mol. The smallest absolute Gasteiger partial charge is 0.220 e. The number of carbonyl (C=O) groups excluding carboxylic acids is 1. The Labute approximate surface area is 125 Å². The molecule has 21 heavy (non-hydrogen) atoms. The van der Waals surface area contributed by atoms with Crippen LogP contribution in [0.3, 0.4) is 0 Å². The van der Waals surface area contributed by atoms with E-state index in [2.05, 4.69) is 15.3 Å². The van der Waals surface area contributed by atoms with E-state index in [4.69, 9.17) is 5.73 Å². The third-order valence-corrected chi connectivity index (χ3v) is 4.85. The first kappa shape index (κ1) is 14.3. The van der Waals surface area contributed by atoms with Crippen LogP contribution in [0, 0.1) is 5.92 Å². The number of nitrogens with one attached hydrogen (secondary N) is 1. The van der Waals surface area contributed by atoms with Crippen molar-refractivity contribution in [1.29, 1.82) is 0 Å². The fraction of sp³-hybridized carbons (Fsp3) is 0.688. The highest BCUT2D eigenvalue weighted by Crippen LogP contribution is 2.29. The highest BCUT2D eigenvalue weighted by molar-refractivity contribution is 5.76. The van der Waals surface area contributed by atoms with Crippen LogP contribution in [-0.2, 0) is 17.6 Å². The van der Waals surface area contributed by atoms with E-state index in [1.54, 1.807) is 6.33 Å². The lowest BCUT2D eigenvalue weighted by Crippen LogP contribution is -2.33. The van der Waals surface area contributed by atoms with Crippen LogP contribution < -0.4 is 11.1 Å². The highest BCUT2D eigenvalue weighted by Gasteiger charge is 2.25. The van der Waals surface area contributed by atoms with Gasteiger partial charge in [0.1, 0.15) is 12.1 Å². The van der Waals surface area contributed by atoms with Gasteiger partial charge in [0.25, 0.3) is 0 Å². The van der Waals surface area contributed by atoms with E-state index in [0.29, 0.717) is 6.04 Å². The van der Waals surface area contributed by atoms with E-state index in [1.807, 2.05) is 0 Å². The molecule has 0 atom stereocenters. The Morgan fingerprint density at radius 1 is 1.10 bits per heavy atom. The lowest BCUT2D eigenvalue weighted by molar-refractivity contribution is -0.122. The van der Waals surface area contributed by atoms with Crippen LogP contribution in [-0.4, -0.2) is 21.9 Å². The summed E-state index contributed by atoms with van der Waals surface area (Å²) in [5, 5.41) is 3.59. The number of amides is 1. The minimum atomic E-state index is -0.149. The number of hydrogen-bond acceptors (Lipinski definition) is 4. The molecular formula is C16H24N4O. The number of rotatable bonds is 3. The standard InChI is InChI=1S/C16H24N4O/c17-15(21)11-6-8-12(9-7-11)20-16-13-4-2-1-3-5-14(13)18-10-19-16/h10-12H,1-9H2,(H2,17,21)(H,18,19,20). The Morgan fingerprint density at radius 2 is 1.86 bits per heavy atom. The largest absolute Gasteiger partial charge is 0.369 e. The monoisotopic (exact) mass is 288 g/mol. The first-order valence-electron chi connectivity index (χ1n) is 8.12. The topological polar surface area (TPSA) is 80.9 Å². The van der Waals surface area contributed by atoms with Gasteiger partial charge in [0.15, 0.2) is 0 Å². The van der Waals surface area contributed by atoms with E-state index in [1.165, 1.54) is 30.5 Å². The normalized spacial score (nSPS) is 25.7. The van der Waals surface area contributed by atoms with Crippen LogP contribution >= 0.6 is 0 Å². The number of carbonyl (C=O) groups is 1. The van der Waals surface area contributed by atoms with Crippen molar-refractivity contribution in [1.82, 2.24) is 9.97 Å². The molecule has 3 N–H and O–H groups in total. The third kappa shape index (κ3) is 3.34. The number of anilines is 1. The Balaban J connectivity index is 1.67.